The molecule has 1 nitrogen and oxygen atoms in total. The molecule has 1 aliphatic rings. The third-order valence-corrected chi connectivity index (χ3v) is 6.69. The molecule has 0 spiro atoms. The van der Waals surface area contributed by atoms with Gasteiger partial charge in [0, 0.05) is 5.92 Å². The zero-order valence-electron chi connectivity index (χ0n) is 20.6. The van der Waals surface area contributed by atoms with Gasteiger partial charge in [0.05, 0.1) is 5.76 Å². The predicted molar refractivity (Wildman–Crippen MR) is 129 cm³/mol. The monoisotopic (exact) mass is 402 g/mol. The Balaban J connectivity index is 3.50. The van der Waals surface area contributed by atoms with Gasteiger partial charge >= 0.3 is 0 Å². The first-order valence-electron chi connectivity index (χ1n) is 11.0. The smallest absolute Gasteiger partial charge is 0.241 e. The van der Waals surface area contributed by atoms with Crippen LogP contribution in [0.25, 0.3) is 0 Å². The largest absolute Gasteiger partial charge is 0.547 e. The van der Waals surface area contributed by atoms with Crippen LogP contribution in [-0.4, -0.2) is 8.32 Å². The summed E-state index contributed by atoms with van der Waals surface area (Å²) in [5, 5.41) is 0. The number of hydrogen-bond donors (Lipinski definition) is 0. The van der Waals surface area contributed by atoms with Gasteiger partial charge in [-0.05, 0) is 104 Å². The van der Waals surface area contributed by atoms with E-state index >= 15 is 0 Å². The van der Waals surface area contributed by atoms with E-state index in [9.17, 15) is 0 Å². The first-order valence-corrected chi connectivity index (χ1v) is 14.5. The Morgan fingerprint density at radius 1 is 0.893 bits per heavy atom. The molecule has 0 saturated heterocycles. The Morgan fingerprint density at radius 3 is 1.86 bits per heavy atom. The molecular formula is C26H46OSi. The molecule has 0 aromatic rings. The summed E-state index contributed by atoms with van der Waals surface area (Å²) in [6.07, 6.45) is 11.7. The van der Waals surface area contributed by atoms with Crippen molar-refractivity contribution in [1.82, 2.24) is 0 Å². The maximum atomic E-state index is 6.82. The zero-order valence-corrected chi connectivity index (χ0v) is 21.6. The number of rotatable bonds is 8. The Bertz CT molecular complexity index is 640. The second kappa shape index (κ2) is 10.1. The molecular weight excluding hydrogens is 356 g/mol. The molecule has 0 saturated carbocycles. The van der Waals surface area contributed by atoms with Crippen molar-refractivity contribution in [3.8, 4) is 0 Å². The minimum absolute atomic E-state index is 0.224. The summed E-state index contributed by atoms with van der Waals surface area (Å²) in [5.41, 5.74) is 5.99. The van der Waals surface area contributed by atoms with Crippen molar-refractivity contribution in [2.45, 2.75) is 101 Å². The van der Waals surface area contributed by atoms with Gasteiger partial charge in [0.15, 0.2) is 0 Å². The summed E-state index contributed by atoms with van der Waals surface area (Å²) in [7, 11) is -1.67. The zero-order chi connectivity index (χ0) is 21.7. The summed E-state index contributed by atoms with van der Waals surface area (Å²) in [5.74, 6) is 2.44. The average molecular weight is 403 g/mol. The lowest BCUT2D eigenvalue weighted by molar-refractivity contribution is 0.0862. The highest BCUT2D eigenvalue weighted by molar-refractivity contribution is 6.70. The number of hydrogen-bond acceptors (Lipinski definition) is 1. The maximum Gasteiger partial charge on any atom is 0.241 e. The van der Waals surface area contributed by atoms with Gasteiger partial charge in [-0.1, -0.05) is 48.8 Å². The summed E-state index contributed by atoms with van der Waals surface area (Å²) >= 11 is 0. The lowest BCUT2D eigenvalue weighted by Gasteiger charge is -2.48. The lowest BCUT2D eigenvalue weighted by Crippen LogP contribution is -2.41. The minimum atomic E-state index is -1.67. The molecule has 160 valence electrons. The standard InChI is InChI=1S/C26H46OSi/c1-19(2)12-15-22-18-23(16-13-20(3)4)26(7,8)24(17-14-21(5)6)25(22)27-28(9,10)11/h12-14,23-24H,15-18H2,1-11H3. The van der Waals surface area contributed by atoms with Crippen LogP contribution >= 0.6 is 0 Å². The van der Waals surface area contributed by atoms with E-state index in [0.717, 1.165) is 19.3 Å². The highest BCUT2D eigenvalue weighted by Gasteiger charge is 2.44. The second-order valence-corrected chi connectivity index (χ2v) is 15.4. The van der Waals surface area contributed by atoms with Crippen LogP contribution in [0.2, 0.25) is 19.6 Å². The van der Waals surface area contributed by atoms with Crippen molar-refractivity contribution in [3.63, 3.8) is 0 Å². The number of allylic oxidation sites excluding steroid dienone is 8. The first kappa shape index (κ1) is 25.0. The van der Waals surface area contributed by atoms with E-state index in [1.165, 1.54) is 28.9 Å². The molecule has 0 aromatic carbocycles. The fourth-order valence-electron chi connectivity index (χ4n) is 4.04. The van der Waals surface area contributed by atoms with Crippen LogP contribution in [0.5, 0.6) is 0 Å². The molecule has 1 aliphatic carbocycles. The van der Waals surface area contributed by atoms with E-state index < -0.39 is 8.32 Å². The molecule has 0 N–H and O–H groups in total. The molecule has 2 heteroatoms. The predicted octanol–water partition coefficient (Wildman–Crippen LogP) is 8.82. The van der Waals surface area contributed by atoms with Gasteiger partial charge < -0.3 is 4.43 Å². The fraction of sp³-hybridized carbons (Fsp3) is 0.692. The van der Waals surface area contributed by atoms with Crippen LogP contribution in [0.15, 0.2) is 46.3 Å². The first-order chi connectivity index (χ1) is 12.7. The Morgan fingerprint density at radius 2 is 1.39 bits per heavy atom. The summed E-state index contributed by atoms with van der Waals surface area (Å²) in [6, 6.07) is 0. The van der Waals surface area contributed by atoms with Crippen LogP contribution in [0.3, 0.4) is 0 Å². The summed E-state index contributed by atoms with van der Waals surface area (Å²) < 4.78 is 6.82. The van der Waals surface area contributed by atoms with Crippen LogP contribution in [0.4, 0.5) is 0 Å². The molecule has 1 rings (SSSR count). The highest BCUT2D eigenvalue weighted by atomic mass is 28.4. The average Bonchev–Trinajstić information content (AvgIpc) is 2.50. The third-order valence-electron chi connectivity index (χ3n) is 5.85. The van der Waals surface area contributed by atoms with Crippen molar-refractivity contribution in [2.24, 2.45) is 17.3 Å². The SMILES string of the molecule is CC(C)=CCC1=C(O[Si](C)(C)C)C(CC=C(C)C)C(C)(C)C(CC=C(C)C)C1. The molecule has 2 atom stereocenters. The lowest BCUT2D eigenvalue weighted by atomic mass is 9.60. The Kier molecular flexibility index (Phi) is 9.06. The van der Waals surface area contributed by atoms with Crippen LogP contribution in [-0.2, 0) is 4.43 Å². The Hall–Kier alpha value is -1.02. The van der Waals surface area contributed by atoms with E-state index in [1.807, 2.05) is 0 Å². The molecule has 0 fully saturated rings. The van der Waals surface area contributed by atoms with Crippen molar-refractivity contribution >= 4 is 8.32 Å². The van der Waals surface area contributed by atoms with Crippen molar-refractivity contribution < 1.29 is 4.43 Å². The van der Waals surface area contributed by atoms with Crippen molar-refractivity contribution in [2.75, 3.05) is 0 Å². The molecule has 28 heavy (non-hydrogen) atoms. The Labute approximate surface area is 177 Å². The van der Waals surface area contributed by atoms with Crippen LogP contribution in [0.1, 0.15) is 81.1 Å². The van der Waals surface area contributed by atoms with Gasteiger partial charge in [-0.25, -0.2) is 0 Å². The second-order valence-electron chi connectivity index (χ2n) is 11.0. The highest BCUT2D eigenvalue weighted by Crippen LogP contribution is 2.52. The van der Waals surface area contributed by atoms with Crippen molar-refractivity contribution in [1.29, 1.82) is 0 Å². The van der Waals surface area contributed by atoms with Gasteiger partial charge in [0.25, 0.3) is 0 Å². The van der Waals surface area contributed by atoms with E-state index in [4.69, 9.17) is 4.43 Å². The van der Waals surface area contributed by atoms with Crippen molar-refractivity contribution in [3.05, 3.63) is 46.3 Å². The van der Waals surface area contributed by atoms with E-state index in [0.29, 0.717) is 11.8 Å². The summed E-state index contributed by atoms with van der Waals surface area (Å²) in [6.45, 7) is 25.2. The van der Waals surface area contributed by atoms with Gasteiger partial charge in [0.2, 0.25) is 8.32 Å². The molecule has 0 radical (unpaired) electrons. The third kappa shape index (κ3) is 7.77. The van der Waals surface area contributed by atoms with E-state index in [2.05, 4.69) is 93.3 Å². The topological polar surface area (TPSA) is 9.23 Å². The minimum Gasteiger partial charge on any atom is -0.547 e. The molecule has 0 aliphatic heterocycles. The van der Waals surface area contributed by atoms with E-state index in [1.54, 1.807) is 5.57 Å². The molecule has 0 bridgehead atoms. The van der Waals surface area contributed by atoms with Gasteiger partial charge in [0.1, 0.15) is 0 Å². The molecule has 0 aromatic heterocycles. The summed E-state index contributed by atoms with van der Waals surface area (Å²) in [4.78, 5) is 0. The molecule has 0 heterocycles. The molecule has 0 amide bonds. The normalized spacial score (nSPS) is 21.8. The van der Waals surface area contributed by atoms with Crippen LogP contribution in [0, 0.1) is 17.3 Å². The fourth-order valence-corrected chi connectivity index (χ4v) is 4.99. The van der Waals surface area contributed by atoms with Gasteiger partial charge in [-0.3, -0.25) is 0 Å². The van der Waals surface area contributed by atoms with E-state index in [-0.39, 0.29) is 5.41 Å². The van der Waals surface area contributed by atoms with Crippen LogP contribution < -0.4 is 0 Å². The van der Waals surface area contributed by atoms with Gasteiger partial charge in [-0.15, -0.1) is 0 Å². The quantitative estimate of drug-likeness (QED) is 0.291. The maximum absolute atomic E-state index is 6.82. The molecule has 2 unspecified atom stereocenters. The van der Waals surface area contributed by atoms with Gasteiger partial charge in [-0.2, -0.15) is 0 Å².